The molecule has 13 nitrogen and oxygen atoms in total. The summed E-state index contributed by atoms with van der Waals surface area (Å²) in [5.41, 5.74) is -0.186. The average Bonchev–Trinajstić information content (AvgIpc) is 2.81. The lowest BCUT2D eigenvalue weighted by atomic mass is 10.3. The van der Waals surface area contributed by atoms with Crippen molar-refractivity contribution in [1.82, 2.24) is 0 Å². The van der Waals surface area contributed by atoms with Crippen LogP contribution in [0.4, 0.5) is 11.4 Å². The summed E-state index contributed by atoms with van der Waals surface area (Å²) in [4.78, 5) is 43.2. The zero-order chi connectivity index (χ0) is 24.1. The van der Waals surface area contributed by atoms with E-state index >= 15 is 0 Å². The smallest absolute Gasteiger partial charge is 0.344 e. The summed E-state index contributed by atoms with van der Waals surface area (Å²) in [7, 11) is 0. The third-order valence-electron chi connectivity index (χ3n) is 3.79. The van der Waals surface area contributed by atoms with Crippen LogP contribution in [-0.4, -0.2) is 61.4 Å². The van der Waals surface area contributed by atoms with Crippen LogP contribution >= 0.6 is 0 Å². The molecule has 0 aliphatic rings. The SMILES string of the molecule is O=C(COc1ccc([N+](=O)[O-])cc1)OCCOCCOC(=O)COc1ccc([N+](=O)[O-])cc1. The number of nitrogens with zero attached hydrogens (tertiary/aromatic N) is 2. The number of rotatable bonds is 14. The molecule has 0 saturated carbocycles. The van der Waals surface area contributed by atoms with E-state index in [1.807, 2.05) is 0 Å². The molecule has 0 spiro atoms. The molecule has 0 aromatic heterocycles. The van der Waals surface area contributed by atoms with E-state index in [9.17, 15) is 29.8 Å². The Bertz CT molecular complexity index is 868. The van der Waals surface area contributed by atoms with Gasteiger partial charge < -0.3 is 23.7 Å². The van der Waals surface area contributed by atoms with Gasteiger partial charge in [-0.3, -0.25) is 20.2 Å². The lowest BCUT2D eigenvalue weighted by Gasteiger charge is -2.09. The van der Waals surface area contributed by atoms with E-state index in [1.165, 1.54) is 48.5 Å². The summed E-state index contributed by atoms with van der Waals surface area (Å²) in [6, 6.07) is 10.5. The van der Waals surface area contributed by atoms with Crippen LogP contribution in [0.15, 0.2) is 48.5 Å². The van der Waals surface area contributed by atoms with Crippen molar-refractivity contribution in [3.8, 4) is 11.5 Å². The number of benzene rings is 2. The third kappa shape index (κ3) is 9.61. The molecule has 0 radical (unpaired) electrons. The van der Waals surface area contributed by atoms with Crippen LogP contribution in [0.5, 0.6) is 11.5 Å². The number of nitro groups is 2. The monoisotopic (exact) mass is 464 g/mol. The number of carbonyl (C=O) groups is 2. The Labute approximate surface area is 187 Å². The van der Waals surface area contributed by atoms with Crippen molar-refractivity contribution < 1.29 is 43.1 Å². The summed E-state index contributed by atoms with van der Waals surface area (Å²) in [5.74, 6) is -0.722. The van der Waals surface area contributed by atoms with Gasteiger partial charge in [-0.05, 0) is 24.3 Å². The zero-order valence-corrected chi connectivity index (χ0v) is 17.2. The number of nitro benzene ring substituents is 2. The van der Waals surface area contributed by atoms with Gasteiger partial charge in [-0.25, -0.2) is 9.59 Å². The molecule has 0 N–H and O–H groups in total. The summed E-state index contributed by atoms with van der Waals surface area (Å²) in [5, 5.41) is 21.1. The first-order valence-electron chi connectivity index (χ1n) is 9.48. The number of hydrogen-bond donors (Lipinski definition) is 0. The number of esters is 2. The first-order valence-corrected chi connectivity index (χ1v) is 9.48. The van der Waals surface area contributed by atoms with Crippen LogP contribution in [-0.2, 0) is 23.8 Å². The maximum Gasteiger partial charge on any atom is 0.344 e. The highest BCUT2D eigenvalue weighted by molar-refractivity contribution is 5.71. The van der Waals surface area contributed by atoms with Crippen molar-refractivity contribution in [2.45, 2.75) is 0 Å². The fraction of sp³-hybridized carbons (Fsp3) is 0.300. The van der Waals surface area contributed by atoms with Crippen LogP contribution in [0.1, 0.15) is 0 Å². The highest BCUT2D eigenvalue weighted by Crippen LogP contribution is 2.18. The lowest BCUT2D eigenvalue weighted by molar-refractivity contribution is -0.385. The Kier molecular flexibility index (Phi) is 10.0. The van der Waals surface area contributed by atoms with Crippen molar-refractivity contribution in [1.29, 1.82) is 0 Å². The number of ether oxygens (including phenoxy) is 5. The van der Waals surface area contributed by atoms with Gasteiger partial charge >= 0.3 is 11.9 Å². The van der Waals surface area contributed by atoms with E-state index in [-0.39, 0.29) is 62.5 Å². The molecule has 0 aliphatic heterocycles. The van der Waals surface area contributed by atoms with Gasteiger partial charge in [0.05, 0.1) is 23.1 Å². The Morgan fingerprint density at radius 1 is 0.636 bits per heavy atom. The molecule has 0 bridgehead atoms. The molecule has 2 aromatic carbocycles. The molecule has 0 fully saturated rings. The Morgan fingerprint density at radius 3 is 1.33 bits per heavy atom. The molecule has 176 valence electrons. The van der Waals surface area contributed by atoms with Gasteiger partial charge in [-0.15, -0.1) is 0 Å². The zero-order valence-electron chi connectivity index (χ0n) is 17.2. The van der Waals surface area contributed by atoms with E-state index in [4.69, 9.17) is 23.7 Å². The molecular weight excluding hydrogens is 444 g/mol. The Morgan fingerprint density at radius 2 is 1.00 bits per heavy atom. The minimum atomic E-state index is -0.647. The second kappa shape index (κ2) is 13.2. The summed E-state index contributed by atoms with van der Waals surface area (Å²) >= 11 is 0. The number of hydrogen-bond acceptors (Lipinski definition) is 11. The molecule has 0 amide bonds. The maximum atomic E-state index is 11.6. The van der Waals surface area contributed by atoms with Gasteiger partial charge in [-0.1, -0.05) is 0 Å². The average molecular weight is 464 g/mol. The van der Waals surface area contributed by atoms with Crippen LogP contribution in [0.3, 0.4) is 0 Å². The van der Waals surface area contributed by atoms with Crippen LogP contribution in [0.25, 0.3) is 0 Å². The van der Waals surface area contributed by atoms with E-state index in [0.29, 0.717) is 0 Å². The molecule has 0 saturated heterocycles. The highest BCUT2D eigenvalue weighted by Gasteiger charge is 2.09. The van der Waals surface area contributed by atoms with E-state index in [2.05, 4.69) is 0 Å². The lowest BCUT2D eigenvalue weighted by Crippen LogP contribution is -2.20. The van der Waals surface area contributed by atoms with Crippen molar-refractivity contribution >= 4 is 23.3 Å². The van der Waals surface area contributed by atoms with Crippen LogP contribution in [0.2, 0.25) is 0 Å². The van der Waals surface area contributed by atoms with Gasteiger partial charge in [0.15, 0.2) is 13.2 Å². The fourth-order valence-corrected chi connectivity index (χ4v) is 2.23. The first kappa shape index (κ1) is 25.0. The molecule has 0 heterocycles. The molecule has 0 unspecified atom stereocenters. The largest absolute Gasteiger partial charge is 0.482 e. The topological polar surface area (TPSA) is 167 Å². The second-order valence-corrected chi connectivity index (χ2v) is 6.13. The predicted octanol–water partition coefficient (Wildman–Crippen LogP) is 2.06. The van der Waals surface area contributed by atoms with Gasteiger partial charge in [0.2, 0.25) is 0 Å². The Balaban J connectivity index is 1.48. The third-order valence-corrected chi connectivity index (χ3v) is 3.79. The van der Waals surface area contributed by atoms with Gasteiger partial charge in [-0.2, -0.15) is 0 Å². The van der Waals surface area contributed by atoms with Crippen molar-refractivity contribution in [2.24, 2.45) is 0 Å². The first-order chi connectivity index (χ1) is 15.8. The van der Waals surface area contributed by atoms with Crippen LogP contribution < -0.4 is 9.47 Å². The fourth-order valence-electron chi connectivity index (χ4n) is 2.23. The van der Waals surface area contributed by atoms with Crippen LogP contribution in [0, 0.1) is 20.2 Å². The molecule has 2 aromatic rings. The second-order valence-electron chi connectivity index (χ2n) is 6.13. The summed E-state index contributed by atoms with van der Waals surface area (Å²) in [6.07, 6.45) is 0. The van der Waals surface area contributed by atoms with Gasteiger partial charge in [0.25, 0.3) is 11.4 Å². The minimum Gasteiger partial charge on any atom is -0.482 e. The normalized spacial score (nSPS) is 10.2. The molecule has 0 atom stereocenters. The highest BCUT2D eigenvalue weighted by atomic mass is 16.6. The molecular formula is C20H20N2O11. The molecule has 0 aliphatic carbocycles. The Hall–Kier alpha value is -4.26. The molecule has 2 rings (SSSR count). The summed E-state index contributed by atoms with van der Waals surface area (Å²) in [6.45, 7) is -0.687. The quantitative estimate of drug-likeness (QED) is 0.174. The number of non-ortho nitro benzene ring substituents is 2. The van der Waals surface area contributed by atoms with Crippen molar-refractivity contribution in [2.75, 3.05) is 39.6 Å². The molecule has 33 heavy (non-hydrogen) atoms. The predicted molar refractivity (Wildman–Crippen MR) is 110 cm³/mol. The van der Waals surface area contributed by atoms with Crippen molar-refractivity contribution in [3.63, 3.8) is 0 Å². The number of carbonyl (C=O) groups excluding carboxylic acids is 2. The van der Waals surface area contributed by atoms with E-state index in [1.54, 1.807) is 0 Å². The van der Waals surface area contributed by atoms with Gasteiger partial charge in [0.1, 0.15) is 24.7 Å². The minimum absolute atomic E-state index is 0.0420. The molecule has 13 heteroatoms. The van der Waals surface area contributed by atoms with E-state index in [0.717, 1.165) is 0 Å². The van der Waals surface area contributed by atoms with Gasteiger partial charge in [0, 0.05) is 24.3 Å². The van der Waals surface area contributed by atoms with Crippen molar-refractivity contribution in [3.05, 3.63) is 68.8 Å². The maximum absolute atomic E-state index is 11.6. The summed E-state index contributed by atoms with van der Waals surface area (Å²) < 4.78 is 25.3. The standard InChI is InChI=1S/C20H20N2O11/c23-19(13-32-17-5-1-15(2-6-17)21(25)26)30-11-9-29-10-12-31-20(24)14-33-18-7-3-16(4-8-18)22(27)28/h1-8H,9-14H2. The van der Waals surface area contributed by atoms with E-state index < -0.39 is 21.8 Å².